The predicted octanol–water partition coefficient (Wildman–Crippen LogP) is 1.12. The summed E-state index contributed by atoms with van der Waals surface area (Å²) in [4.78, 5) is 11.9. The topological polar surface area (TPSA) is 72.9 Å². The van der Waals surface area contributed by atoms with Gasteiger partial charge in [0, 0.05) is 30.9 Å². The second kappa shape index (κ2) is 5.79. The fourth-order valence-corrected chi connectivity index (χ4v) is 1.77. The number of carbonyl (C=O) groups excluding carboxylic acids is 1. The van der Waals surface area contributed by atoms with Crippen LogP contribution in [0.25, 0.3) is 0 Å². The lowest BCUT2D eigenvalue weighted by Crippen LogP contribution is -2.24. The molecule has 0 aliphatic heterocycles. The van der Waals surface area contributed by atoms with Gasteiger partial charge in [0.1, 0.15) is 16.5 Å². The average molecular weight is 292 g/mol. The molecule has 0 aliphatic carbocycles. The molecule has 0 spiro atoms. The van der Waals surface area contributed by atoms with Crippen LogP contribution in [-0.2, 0) is 13.6 Å². The van der Waals surface area contributed by atoms with Crippen molar-refractivity contribution in [2.45, 2.75) is 6.54 Å². The molecule has 1 heterocycles. The van der Waals surface area contributed by atoms with Gasteiger partial charge in [0.2, 0.25) is 0 Å². The number of aryl methyl sites for hydroxylation is 1. The summed E-state index contributed by atoms with van der Waals surface area (Å²) in [6.45, 7) is 0.0683. The fraction of sp³-hybridized carbons (Fsp3) is 0.154. The van der Waals surface area contributed by atoms with Gasteiger partial charge in [-0.1, -0.05) is 24.4 Å². The summed E-state index contributed by atoms with van der Waals surface area (Å²) < 4.78 is 15.3. The van der Waals surface area contributed by atoms with Crippen LogP contribution >= 0.6 is 12.2 Å². The summed E-state index contributed by atoms with van der Waals surface area (Å²) in [6, 6.07) is 6.00. The molecule has 7 heteroatoms. The normalized spacial score (nSPS) is 10.3. The highest BCUT2D eigenvalue weighted by molar-refractivity contribution is 7.80. The Morgan fingerprint density at radius 3 is 2.80 bits per heavy atom. The number of hydrogen-bond donors (Lipinski definition) is 2. The Bertz CT molecular complexity index is 668. The molecule has 20 heavy (non-hydrogen) atoms. The van der Waals surface area contributed by atoms with Crippen LogP contribution in [0.1, 0.15) is 21.6 Å². The minimum atomic E-state index is -0.461. The van der Waals surface area contributed by atoms with Crippen molar-refractivity contribution in [2.24, 2.45) is 12.8 Å². The van der Waals surface area contributed by atoms with Gasteiger partial charge in [-0.2, -0.15) is 5.10 Å². The number of nitrogens with one attached hydrogen (secondary N) is 1. The van der Waals surface area contributed by atoms with E-state index in [9.17, 15) is 9.18 Å². The van der Waals surface area contributed by atoms with Crippen LogP contribution in [0, 0.1) is 5.82 Å². The maximum absolute atomic E-state index is 13.8. The second-order valence-corrected chi connectivity index (χ2v) is 4.67. The maximum atomic E-state index is 13.8. The fourth-order valence-electron chi connectivity index (χ4n) is 1.65. The molecular weight excluding hydrogens is 279 g/mol. The Kier molecular flexibility index (Phi) is 4.09. The molecule has 0 aliphatic rings. The van der Waals surface area contributed by atoms with E-state index in [-0.39, 0.29) is 23.1 Å². The van der Waals surface area contributed by atoms with Gasteiger partial charge in [0.15, 0.2) is 0 Å². The first-order valence-corrected chi connectivity index (χ1v) is 6.24. The lowest BCUT2D eigenvalue weighted by molar-refractivity contribution is 0.0945. The number of hydrogen-bond acceptors (Lipinski definition) is 3. The van der Waals surface area contributed by atoms with Crippen LogP contribution in [0.3, 0.4) is 0 Å². The maximum Gasteiger partial charge on any atom is 0.272 e. The summed E-state index contributed by atoms with van der Waals surface area (Å²) in [6.07, 6.45) is 1.66. The van der Waals surface area contributed by atoms with Gasteiger partial charge >= 0.3 is 0 Å². The number of halogens is 1. The third-order valence-electron chi connectivity index (χ3n) is 2.72. The molecule has 0 atom stereocenters. The molecule has 0 fully saturated rings. The lowest BCUT2D eigenvalue weighted by Gasteiger charge is -2.06. The Labute approximate surface area is 120 Å². The summed E-state index contributed by atoms with van der Waals surface area (Å²) in [5.41, 5.74) is 6.51. The molecule has 5 nitrogen and oxygen atoms in total. The van der Waals surface area contributed by atoms with Crippen LogP contribution in [0.15, 0.2) is 30.5 Å². The minimum absolute atomic E-state index is 0.0683. The quantitative estimate of drug-likeness (QED) is 0.828. The molecule has 2 rings (SSSR count). The van der Waals surface area contributed by atoms with Crippen molar-refractivity contribution in [1.29, 1.82) is 0 Å². The monoisotopic (exact) mass is 292 g/mol. The summed E-state index contributed by atoms with van der Waals surface area (Å²) >= 11 is 4.77. The largest absolute Gasteiger partial charge is 0.389 e. The molecule has 3 N–H and O–H groups in total. The number of rotatable bonds is 4. The number of nitrogens with two attached hydrogens (primary N) is 1. The highest BCUT2D eigenvalue weighted by Crippen LogP contribution is 2.10. The molecule has 0 unspecified atom stereocenters. The summed E-state index contributed by atoms with van der Waals surface area (Å²) in [5, 5.41) is 6.56. The number of thiocarbonyl (C=S) groups is 1. The molecule has 0 radical (unpaired) electrons. The van der Waals surface area contributed by atoms with E-state index >= 15 is 0 Å². The van der Waals surface area contributed by atoms with E-state index in [1.54, 1.807) is 31.4 Å². The SMILES string of the molecule is Cn1ccc(C(=O)NCc2ccc(C(N)=S)cc2F)n1. The van der Waals surface area contributed by atoms with Gasteiger partial charge in [-0.15, -0.1) is 0 Å². The molecule has 0 saturated carbocycles. The van der Waals surface area contributed by atoms with Crippen LogP contribution in [0.4, 0.5) is 4.39 Å². The highest BCUT2D eigenvalue weighted by Gasteiger charge is 2.10. The number of carbonyl (C=O) groups is 1. The van der Waals surface area contributed by atoms with Crippen molar-refractivity contribution in [2.75, 3.05) is 0 Å². The minimum Gasteiger partial charge on any atom is -0.389 e. The lowest BCUT2D eigenvalue weighted by atomic mass is 10.1. The zero-order valence-corrected chi connectivity index (χ0v) is 11.6. The Balaban J connectivity index is 2.04. The van der Waals surface area contributed by atoms with Crippen LogP contribution in [0.2, 0.25) is 0 Å². The van der Waals surface area contributed by atoms with Gasteiger partial charge in [0.25, 0.3) is 5.91 Å². The van der Waals surface area contributed by atoms with Gasteiger partial charge in [-0.25, -0.2) is 4.39 Å². The van der Waals surface area contributed by atoms with Gasteiger partial charge in [-0.05, 0) is 12.1 Å². The van der Waals surface area contributed by atoms with Crippen LogP contribution in [0.5, 0.6) is 0 Å². The van der Waals surface area contributed by atoms with E-state index in [0.29, 0.717) is 11.1 Å². The molecular formula is C13H13FN4OS. The number of nitrogens with zero attached hydrogens (tertiary/aromatic N) is 2. The Morgan fingerprint density at radius 2 is 2.25 bits per heavy atom. The van der Waals surface area contributed by atoms with Crippen molar-refractivity contribution in [3.05, 3.63) is 53.1 Å². The second-order valence-electron chi connectivity index (χ2n) is 4.23. The predicted molar refractivity (Wildman–Crippen MR) is 76.7 cm³/mol. The first-order valence-electron chi connectivity index (χ1n) is 5.83. The third kappa shape index (κ3) is 3.18. The van der Waals surface area contributed by atoms with Gasteiger partial charge in [0.05, 0.1) is 0 Å². The number of aromatic nitrogens is 2. The Morgan fingerprint density at radius 1 is 1.50 bits per heavy atom. The van der Waals surface area contributed by atoms with Gasteiger partial charge < -0.3 is 11.1 Å². The van der Waals surface area contributed by atoms with Crippen LogP contribution in [-0.4, -0.2) is 20.7 Å². The molecule has 104 valence electrons. The van der Waals surface area contributed by atoms with E-state index in [1.807, 2.05) is 0 Å². The van der Waals surface area contributed by atoms with E-state index < -0.39 is 5.82 Å². The first-order chi connectivity index (χ1) is 9.47. The smallest absolute Gasteiger partial charge is 0.272 e. The average Bonchev–Trinajstić information content (AvgIpc) is 2.83. The van der Waals surface area contributed by atoms with E-state index in [1.165, 1.54) is 10.7 Å². The molecule has 0 bridgehead atoms. The number of benzene rings is 1. The third-order valence-corrected chi connectivity index (χ3v) is 2.96. The van der Waals surface area contributed by atoms with Crippen molar-refractivity contribution in [1.82, 2.24) is 15.1 Å². The first kappa shape index (κ1) is 14.1. The standard InChI is InChI=1S/C13H13FN4OS/c1-18-5-4-11(17-18)13(19)16-7-9-3-2-8(12(15)20)6-10(9)14/h2-6H,7H2,1H3,(H2,15,20)(H,16,19). The zero-order chi connectivity index (χ0) is 14.7. The van der Waals surface area contributed by atoms with Crippen molar-refractivity contribution in [3.8, 4) is 0 Å². The molecule has 2 aromatic rings. The van der Waals surface area contributed by atoms with Crippen LogP contribution < -0.4 is 11.1 Å². The van der Waals surface area contributed by atoms with E-state index in [0.717, 1.165) is 0 Å². The van der Waals surface area contributed by atoms with Crippen molar-refractivity contribution in [3.63, 3.8) is 0 Å². The molecule has 1 amide bonds. The molecule has 0 saturated heterocycles. The van der Waals surface area contributed by atoms with E-state index in [4.69, 9.17) is 18.0 Å². The van der Waals surface area contributed by atoms with Gasteiger partial charge in [-0.3, -0.25) is 9.48 Å². The summed E-state index contributed by atoms with van der Waals surface area (Å²) in [7, 11) is 1.71. The number of amides is 1. The Hall–Kier alpha value is -2.28. The molecule has 1 aromatic carbocycles. The molecule has 1 aromatic heterocycles. The van der Waals surface area contributed by atoms with Crippen molar-refractivity contribution >= 4 is 23.1 Å². The van der Waals surface area contributed by atoms with E-state index in [2.05, 4.69) is 10.4 Å². The highest BCUT2D eigenvalue weighted by atomic mass is 32.1. The zero-order valence-electron chi connectivity index (χ0n) is 10.8. The summed E-state index contributed by atoms with van der Waals surface area (Å²) in [5.74, 6) is -0.819. The van der Waals surface area contributed by atoms with Crippen molar-refractivity contribution < 1.29 is 9.18 Å².